The highest BCUT2D eigenvalue weighted by Gasteiger charge is 2.28. The topological polar surface area (TPSA) is 48.7 Å². The summed E-state index contributed by atoms with van der Waals surface area (Å²) in [6.45, 7) is 9.78. The van der Waals surface area contributed by atoms with E-state index in [9.17, 15) is 0 Å². The van der Waals surface area contributed by atoms with E-state index >= 15 is 0 Å². The van der Waals surface area contributed by atoms with Crippen molar-refractivity contribution in [2.75, 3.05) is 46.8 Å². The van der Waals surface area contributed by atoms with Gasteiger partial charge in [0.2, 0.25) is 0 Å². The second kappa shape index (κ2) is 11.7. The average molecular weight is 462 g/mol. The van der Waals surface area contributed by atoms with Crippen LogP contribution in [0.2, 0.25) is 0 Å². The lowest BCUT2D eigenvalue weighted by molar-refractivity contribution is 0.188. The van der Waals surface area contributed by atoms with Gasteiger partial charge >= 0.3 is 0 Å². The normalized spacial score (nSPS) is 21.3. The molecule has 2 atom stereocenters. The molecule has 1 fully saturated rings. The first-order valence-corrected chi connectivity index (χ1v) is 9.27. The molecule has 1 aromatic heterocycles. The van der Waals surface area contributed by atoms with Gasteiger partial charge in [-0.25, -0.2) is 4.98 Å². The van der Waals surface area contributed by atoms with E-state index in [1.54, 1.807) is 0 Å². The van der Waals surface area contributed by atoms with Crippen LogP contribution in [0.4, 0.5) is 0 Å². The van der Waals surface area contributed by atoms with Crippen LogP contribution in [0.5, 0.6) is 0 Å². The zero-order chi connectivity index (χ0) is 17.4. The maximum atomic E-state index is 4.50. The van der Waals surface area contributed by atoms with Crippen LogP contribution in [-0.4, -0.2) is 72.1 Å². The summed E-state index contributed by atoms with van der Waals surface area (Å²) in [6, 6.07) is 0.465. The summed E-state index contributed by atoms with van der Waals surface area (Å²) < 4.78 is 2.24. The molecular formula is C18H35IN6. The molecular weight excluding hydrogens is 427 g/mol. The highest BCUT2D eigenvalue weighted by atomic mass is 127. The van der Waals surface area contributed by atoms with Gasteiger partial charge in [0.15, 0.2) is 5.96 Å². The number of likely N-dealkylation sites (tertiary alicyclic amines) is 1. The molecule has 2 heterocycles. The van der Waals surface area contributed by atoms with Gasteiger partial charge in [-0.05, 0) is 32.4 Å². The third-order valence-electron chi connectivity index (χ3n) is 5.01. The molecule has 25 heavy (non-hydrogen) atoms. The number of guanidine groups is 1. The number of nitrogens with one attached hydrogen (secondary N) is 1. The number of hydrogen-bond acceptors (Lipinski definition) is 3. The van der Waals surface area contributed by atoms with E-state index in [4.69, 9.17) is 0 Å². The number of aromatic nitrogens is 2. The minimum absolute atomic E-state index is 0. The van der Waals surface area contributed by atoms with Crippen LogP contribution in [0.25, 0.3) is 0 Å². The third-order valence-corrected chi connectivity index (χ3v) is 5.01. The number of nitrogens with zero attached hydrogens (tertiary/aromatic N) is 5. The molecule has 0 saturated carbocycles. The molecule has 0 amide bonds. The molecule has 1 aliphatic rings. The minimum atomic E-state index is 0. The van der Waals surface area contributed by atoms with E-state index in [0.717, 1.165) is 32.1 Å². The Bertz CT molecular complexity index is 490. The Morgan fingerprint density at radius 2 is 2.20 bits per heavy atom. The number of aliphatic imine (C=N–C) groups is 1. The quantitative estimate of drug-likeness (QED) is 0.385. The van der Waals surface area contributed by atoms with Crippen molar-refractivity contribution in [2.24, 2.45) is 10.9 Å². The third kappa shape index (κ3) is 6.77. The molecule has 144 valence electrons. The van der Waals surface area contributed by atoms with E-state index < -0.39 is 0 Å². The lowest BCUT2D eigenvalue weighted by atomic mass is 9.93. The predicted octanol–water partition coefficient (Wildman–Crippen LogP) is 2.69. The maximum absolute atomic E-state index is 4.50. The molecule has 1 saturated heterocycles. The predicted molar refractivity (Wildman–Crippen MR) is 116 cm³/mol. The second-order valence-electron chi connectivity index (χ2n) is 6.92. The van der Waals surface area contributed by atoms with Gasteiger partial charge in [0, 0.05) is 45.6 Å². The molecule has 6 nitrogen and oxygen atoms in total. The van der Waals surface area contributed by atoms with Crippen LogP contribution in [0, 0.1) is 5.92 Å². The summed E-state index contributed by atoms with van der Waals surface area (Å²) in [5.41, 5.74) is 0. The Morgan fingerprint density at radius 3 is 2.84 bits per heavy atom. The van der Waals surface area contributed by atoms with E-state index in [2.05, 4.69) is 56.8 Å². The summed E-state index contributed by atoms with van der Waals surface area (Å²) in [7, 11) is 4.07. The fourth-order valence-electron chi connectivity index (χ4n) is 3.33. The second-order valence-corrected chi connectivity index (χ2v) is 6.92. The van der Waals surface area contributed by atoms with Crippen molar-refractivity contribution in [2.45, 2.75) is 39.2 Å². The molecule has 0 aliphatic carbocycles. The minimum Gasteiger partial charge on any atom is -0.355 e. The lowest BCUT2D eigenvalue weighted by Crippen LogP contribution is -2.50. The van der Waals surface area contributed by atoms with Gasteiger partial charge in [-0.1, -0.05) is 20.3 Å². The van der Waals surface area contributed by atoms with Crippen LogP contribution in [0.15, 0.2) is 23.7 Å². The highest BCUT2D eigenvalue weighted by molar-refractivity contribution is 14.0. The lowest BCUT2D eigenvalue weighted by Gasteiger charge is -2.39. The maximum Gasteiger partial charge on any atom is 0.193 e. The van der Waals surface area contributed by atoms with Crippen molar-refractivity contribution in [1.29, 1.82) is 0 Å². The van der Waals surface area contributed by atoms with Gasteiger partial charge < -0.3 is 19.7 Å². The van der Waals surface area contributed by atoms with Gasteiger partial charge in [-0.15, -0.1) is 24.0 Å². The molecule has 0 radical (unpaired) electrons. The molecule has 2 unspecified atom stereocenters. The monoisotopic (exact) mass is 462 g/mol. The van der Waals surface area contributed by atoms with E-state index in [1.807, 2.05) is 19.6 Å². The van der Waals surface area contributed by atoms with Crippen molar-refractivity contribution >= 4 is 29.9 Å². The molecule has 2 rings (SSSR count). The SMILES string of the molecule is CCCCN(C)CCNC(=NC)N1CCC(C)C(n2ccnc2)C1.I. The summed E-state index contributed by atoms with van der Waals surface area (Å²) >= 11 is 0. The molecule has 1 aliphatic heterocycles. The zero-order valence-electron chi connectivity index (χ0n) is 16.2. The fourth-order valence-corrected chi connectivity index (χ4v) is 3.33. The largest absolute Gasteiger partial charge is 0.355 e. The first kappa shape index (κ1) is 22.2. The standard InChI is InChI=1S/C18H34N6.HI/c1-5-6-10-22(4)12-9-21-18(19-3)23-11-7-16(2)17(14-23)24-13-8-20-15-24;/h8,13,15-17H,5-7,9-12,14H2,1-4H3,(H,19,21);1H. The molecule has 1 N–H and O–H groups in total. The smallest absolute Gasteiger partial charge is 0.193 e. The van der Waals surface area contributed by atoms with Crippen molar-refractivity contribution < 1.29 is 0 Å². The number of likely N-dealkylation sites (N-methyl/N-ethyl adjacent to an activating group) is 1. The van der Waals surface area contributed by atoms with Gasteiger partial charge in [0.05, 0.1) is 12.4 Å². The molecule has 1 aromatic rings. The van der Waals surface area contributed by atoms with Crippen LogP contribution >= 0.6 is 24.0 Å². The van der Waals surface area contributed by atoms with Gasteiger partial charge in [-0.3, -0.25) is 4.99 Å². The Kier molecular flexibility index (Phi) is 10.4. The number of halogens is 1. The first-order valence-electron chi connectivity index (χ1n) is 9.27. The van der Waals surface area contributed by atoms with Crippen LogP contribution in [0.3, 0.4) is 0 Å². The summed E-state index contributed by atoms with van der Waals surface area (Å²) in [5.74, 6) is 1.68. The van der Waals surface area contributed by atoms with Crippen molar-refractivity contribution in [3.63, 3.8) is 0 Å². The van der Waals surface area contributed by atoms with Gasteiger partial charge in [-0.2, -0.15) is 0 Å². The summed E-state index contributed by atoms with van der Waals surface area (Å²) in [4.78, 5) is 13.5. The molecule has 0 aromatic carbocycles. The van der Waals surface area contributed by atoms with Crippen LogP contribution < -0.4 is 5.32 Å². The van der Waals surface area contributed by atoms with E-state index in [-0.39, 0.29) is 24.0 Å². The number of unbranched alkanes of at least 4 members (excludes halogenated alkanes) is 1. The van der Waals surface area contributed by atoms with Crippen molar-refractivity contribution in [3.05, 3.63) is 18.7 Å². The molecule has 7 heteroatoms. The van der Waals surface area contributed by atoms with Gasteiger partial charge in [0.25, 0.3) is 0 Å². The van der Waals surface area contributed by atoms with Crippen molar-refractivity contribution in [1.82, 2.24) is 24.7 Å². The van der Waals surface area contributed by atoms with Crippen LogP contribution in [0.1, 0.15) is 39.2 Å². The van der Waals surface area contributed by atoms with E-state index in [0.29, 0.717) is 12.0 Å². The molecule has 0 bridgehead atoms. The van der Waals surface area contributed by atoms with Crippen LogP contribution in [-0.2, 0) is 0 Å². The highest BCUT2D eigenvalue weighted by Crippen LogP contribution is 2.27. The zero-order valence-corrected chi connectivity index (χ0v) is 18.5. The van der Waals surface area contributed by atoms with E-state index in [1.165, 1.54) is 25.8 Å². The number of rotatable bonds is 7. The molecule has 0 spiro atoms. The first-order chi connectivity index (χ1) is 11.7. The Hall–Kier alpha value is -0.830. The summed E-state index contributed by atoms with van der Waals surface area (Å²) in [6.07, 6.45) is 9.57. The van der Waals surface area contributed by atoms with Gasteiger partial charge in [0.1, 0.15) is 0 Å². The fraction of sp³-hybridized carbons (Fsp3) is 0.778. The Balaban J connectivity index is 0.00000312. The summed E-state index contributed by atoms with van der Waals surface area (Å²) in [5, 5.41) is 3.54. The number of piperidine rings is 1. The Morgan fingerprint density at radius 1 is 1.40 bits per heavy atom. The number of imidazole rings is 1. The number of hydrogen-bond donors (Lipinski definition) is 1. The average Bonchev–Trinajstić information content (AvgIpc) is 3.12. The van der Waals surface area contributed by atoms with Crippen molar-refractivity contribution in [3.8, 4) is 0 Å². The Labute approximate surface area is 170 Å².